The van der Waals surface area contributed by atoms with Gasteiger partial charge in [-0.3, -0.25) is 4.79 Å². The van der Waals surface area contributed by atoms with Crippen molar-refractivity contribution in [3.05, 3.63) is 47.3 Å². The topological polar surface area (TPSA) is 50.1 Å². The second-order valence-electron chi connectivity index (χ2n) is 10.4. The molecule has 186 valence electrons. The molecule has 0 unspecified atom stereocenters. The highest BCUT2D eigenvalue weighted by atomic mass is 19.1. The summed E-state index contributed by atoms with van der Waals surface area (Å²) in [6, 6.07) is 10.8. The van der Waals surface area contributed by atoms with Gasteiger partial charge in [0.25, 0.3) is 0 Å². The number of nitriles is 1. The third-order valence-electron chi connectivity index (χ3n) is 7.91. The molecule has 0 radical (unpaired) electrons. The number of hydrogen-bond acceptors (Lipinski definition) is 3. The summed E-state index contributed by atoms with van der Waals surface area (Å²) in [5.41, 5.74) is 2.88. The van der Waals surface area contributed by atoms with Gasteiger partial charge < -0.3 is 4.74 Å². The largest absolute Gasteiger partial charge is 0.462 e. The van der Waals surface area contributed by atoms with Crippen molar-refractivity contribution in [3.63, 3.8) is 0 Å². The highest BCUT2D eigenvalue weighted by Crippen LogP contribution is 2.36. The molecule has 2 aliphatic rings. The summed E-state index contributed by atoms with van der Waals surface area (Å²) in [7, 11) is 0. The first-order valence-electron chi connectivity index (χ1n) is 13.6. The van der Waals surface area contributed by atoms with Crippen molar-refractivity contribution in [1.29, 1.82) is 5.26 Å². The van der Waals surface area contributed by atoms with E-state index in [1.54, 1.807) is 0 Å². The van der Waals surface area contributed by atoms with Gasteiger partial charge in [0.05, 0.1) is 5.92 Å². The number of unbranched alkanes of at least 4 members (excludes halogenated alkanes) is 3. The predicted molar refractivity (Wildman–Crippen MR) is 135 cm³/mol. The van der Waals surface area contributed by atoms with Gasteiger partial charge in [-0.1, -0.05) is 50.5 Å². The van der Waals surface area contributed by atoms with E-state index in [1.165, 1.54) is 55.4 Å². The molecule has 2 saturated carbocycles. The van der Waals surface area contributed by atoms with Crippen LogP contribution in [0.1, 0.15) is 114 Å². The van der Waals surface area contributed by atoms with Crippen molar-refractivity contribution in [2.24, 2.45) is 11.8 Å². The molecule has 0 atom stereocenters. The lowest BCUT2D eigenvalue weighted by Gasteiger charge is -2.31. The van der Waals surface area contributed by atoms with Crippen LogP contribution in [0.25, 0.3) is 0 Å². The second-order valence-corrected chi connectivity index (χ2v) is 10.4. The van der Waals surface area contributed by atoms with Crippen molar-refractivity contribution in [2.45, 2.75) is 115 Å². The van der Waals surface area contributed by atoms with E-state index >= 15 is 0 Å². The third kappa shape index (κ3) is 8.57. The number of carbonyl (C=O) groups is 1. The number of aryl methyl sites for hydroxylation is 1. The first kappa shape index (κ1) is 26.5. The lowest BCUT2D eigenvalue weighted by Crippen LogP contribution is -2.29. The van der Waals surface area contributed by atoms with Crippen LogP contribution >= 0.6 is 0 Å². The zero-order chi connectivity index (χ0) is 24.2. The van der Waals surface area contributed by atoms with Crippen molar-refractivity contribution in [2.75, 3.05) is 0 Å². The number of benzene rings is 1. The predicted octanol–water partition coefficient (Wildman–Crippen LogP) is 8.34. The standard InChI is InChI=1S/C30H42FNO2/c1-2-3-4-5-7-23-10-14-25(15-11-23)26-18-20-29(21-19-26)34-30(33)27-16-12-24(13-17-27)8-6-9-28(31)22-32/h9-11,14-15,24,26-27,29H,2-8,12-13,16-21H2,1H3. The molecule has 0 aromatic heterocycles. The maximum Gasteiger partial charge on any atom is 0.309 e. The highest BCUT2D eigenvalue weighted by molar-refractivity contribution is 5.72. The number of allylic oxidation sites excluding steroid dienone is 2. The van der Waals surface area contributed by atoms with Gasteiger partial charge in [0.15, 0.2) is 5.83 Å². The van der Waals surface area contributed by atoms with Gasteiger partial charge in [0.2, 0.25) is 0 Å². The third-order valence-corrected chi connectivity index (χ3v) is 7.91. The Labute approximate surface area is 205 Å². The van der Waals surface area contributed by atoms with Crippen LogP contribution in [-0.4, -0.2) is 12.1 Å². The number of nitrogens with zero attached hydrogens (tertiary/aromatic N) is 1. The van der Waals surface area contributed by atoms with E-state index in [-0.39, 0.29) is 18.0 Å². The summed E-state index contributed by atoms with van der Waals surface area (Å²) in [6.45, 7) is 2.25. The molecule has 1 aromatic rings. The number of halogens is 1. The molecule has 2 fully saturated rings. The molecule has 3 nitrogen and oxygen atoms in total. The minimum absolute atomic E-state index is 0.00949. The van der Waals surface area contributed by atoms with Crippen LogP contribution in [0, 0.1) is 23.2 Å². The Bertz CT molecular complexity index is 809. The van der Waals surface area contributed by atoms with Crippen LogP contribution in [0.2, 0.25) is 0 Å². The molecule has 0 bridgehead atoms. The molecular formula is C30H42FNO2. The normalized spacial score (nSPS) is 25.5. The highest BCUT2D eigenvalue weighted by Gasteiger charge is 2.30. The first-order valence-corrected chi connectivity index (χ1v) is 13.6. The molecule has 0 N–H and O–H groups in total. The van der Waals surface area contributed by atoms with Crippen LogP contribution in [0.15, 0.2) is 36.2 Å². The zero-order valence-electron chi connectivity index (χ0n) is 20.9. The fourth-order valence-electron chi connectivity index (χ4n) is 5.67. The second kappa shape index (κ2) is 14.3. The summed E-state index contributed by atoms with van der Waals surface area (Å²) in [4.78, 5) is 12.7. The van der Waals surface area contributed by atoms with Gasteiger partial charge in [0, 0.05) is 0 Å². The van der Waals surface area contributed by atoms with Gasteiger partial charge in [-0.2, -0.15) is 9.65 Å². The maximum atomic E-state index is 12.9. The minimum atomic E-state index is -0.693. The number of carbonyl (C=O) groups excluding carboxylic acids is 1. The van der Waals surface area contributed by atoms with Crippen LogP contribution in [0.5, 0.6) is 0 Å². The van der Waals surface area contributed by atoms with E-state index in [9.17, 15) is 9.18 Å². The first-order chi connectivity index (χ1) is 16.6. The summed E-state index contributed by atoms with van der Waals surface area (Å²) >= 11 is 0. The van der Waals surface area contributed by atoms with Crippen LogP contribution in [-0.2, 0) is 16.0 Å². The van der Waals surface area contributed by atoms with Gasteiger partial charge in [-0.15, -0.1) is 0 Å². The fourth-order valence-corrected chi connectivity index (χ4v) is 5.67. The van der Waals surface area contributed by atoms with Gasteiger partial charge in [0.1, 0.15) is 12.2 Å². The Kier molecular flexibility index (Phi) is 11.1. The monoisotopic (exact) mass is 467 g/mol. The minimum Gasteiger partial charge on any atom is -0.462 e. The Hall–Kier alpha value is -2.15. The van der Waals surface area contributed by atoms with Crippen molar-refractivity contribution in [3.8, 4) is 6.07 Å². The number of ether oxygens (including phenoxy) is 1. The Balaban J connectivity index is 1.33. The Morgan fingerprint density at radius 3 is 2.38 bits per heavy atom. The van der Waals surface area contributed by atoms with E-state index in [0.29, 0.717) is 18.3 Å². The van der Waals surface area contributed by atoms with Crippen LogP contribution < -0.4 is 0 Å². The van der Waals surface area contributed by atoms with Crippen LogP contribution in [0.4, 0.5) is 4.39 Å². The quantitative estimate of drug-likeness (QED) is 0.187. The van der Waals surface area contributed by atoms with Crippen molar-refractivity contribution < 1.29 is 13.9 Å². The van der Waals surface area contributed by atoms with E-state index in [2.05, 4.69) is 31.2 Å². The summed E-state index contributed by atoms with van der Waals surface area (Å²) < 4.78 is 18.8. The average molecular weight is 468 g/mol. The van der Waals surface area contributed by atoms with E-state index < -0.39 is 5.83 Å². The maximum absolute atomic E-state index is 12.9. The molecule has 0 heterocycles. The molecule has 4 heteroatoms. The lowest BCUT2D eigenvalue weighted by molar-refractivity contribution is -0.157. The number of esters is 1. The SMILES string of the molecule is CCCCCCc1ccc(C2CCC(OC(=O)C3CCC(CCC=C(F)C#N)CC3)CC2)cc1. The van der Waals surface area contributed by atoms with Gasteiger partial charge >= 0.3 is 5.97 Å². The molecule has 0 amide bonds. The van der Waals surface area contributed by atoms with E-state index in [4.69, 9.17) is 10.00 Å². The molecule has 2 aliphatic carbocycles. The fraction of sp³-hybridized carbons (Fsp3) is 0.667. The summed E-state index contributed by atoms with van der Waals surface area (Å²) in [6.07, 6.45) is 17.2. The average Bonchev–Trinajstić information content (AvgIpc) is 2.88. The van der Waals surface area contributed by atoms with Crippen LogP contribution in [0.3, 0.4) is 0 Å². The smallest absolute Gasteiger partial charge is 0.309 e. The molecule has 3 rings (SSSR count). The van der Waals surface area contributed by atoms with Gasteiger partial charge in [-0.25, -0.2) is 0 Å². The molecule has 0 aliphatic heterocycles. The molecule has 0 spiro atoms. The zero-order valence-corrected chi connectivity index (χ0v) is 20.9. The summed E-state index contributed by atoms with van der Waals surface area (Å²) in [5.74, 6) is 0.418. The van der Waals surface area contributed by atoms with E-state index in [1.807, 2.05) is 0 Å². The molecular weight excluding hydrogens is 425 g/mol. The summed E-state index contributed by atoms with van der Waals surface area (Å²) in [5, 5.41) is 8.48. The molecule has 1 aromatic carbocycles. The van der Waals surface area contributed by atoms with Crippen molar-refractivity contribution in [1.82, 2.24) is 0 Å². The number of hydrogen-bond donors (Lipinski definition) is 0. The van der Waals surface area contributed by atoms with E-state index in [0.717, 1.165) is 57.8 Å². The Morgan fingerprint density at radius 1 is 1.03 bits per heavy atom. The Morgan fingerprint density at radius 2 is 1.74 bits per heavy atom. The van der Waals surface area contributed by atoms with Gasteiger partial charge in [-0.05, 0) is 106 Å². The molecule has 0 saturated heterocycles. The number of rotatable bonds is 11. The molecule has 34 heavy (non-hydrogen) atoms. The lowest BCUT2D eigenvalue weighted by atomic mass is 9.79. The van der Waals surface area contributed by atoms with Crippen molar-refractivity contribution >= 4 is 5.97 Å².